The minimum absolute atomic E-state index is 0.468. The lowest BCUT2D eigenvalue weighted by molar-refractivity contribution is 0.0206. The van der Waals surface area contributed by atoms with Gasteiger partial charge in [0.05, 0.1) is 6.61 Å². The molecule has 0 aliphatic rings. The van der Waals surface area contributed by atoms with Gasteiger partial charge in [-0.05, 0) is 44.9 Å². The van der Waals surface area contributed by atoms with Crippen LogP contribution in [0.1, 0.15) is 32.8 Å². The minimum atomic E-state index is -0.691. The van der Waals surface area contributed by atoms with Crippen molar-refractivity contribution in [2.45, 2.75) is 39.4 Å². The Kier molecular flexibility index (Phi) is 7.29. The highest BCUT2D eigenvalue weighted by Crippen LogP contribution is 2.15. The predicted molar refractivity (Wildman–Crippen MR) is 86.5 cm³/mol. The number of benzene rings is 1. The molecule has 112 valence electrons. The lowest BCUT2D eigenvalue weighted by Crippen LogP contribution is -2.25. The van der Waals surface area contributed by atoms with Crippen molar-refractivity contribution < 1.29 is 19.0 Å². The number of carbonyl (C=O) groups excluding carboxylic acids is 1. The molecular formula is C15H21IO4. The number of carbonyl (C=O) groups is 1. The van der Waals surface area contributed by atoms with E-state index in [2.05, 4.69) is 22.6 Å². The topological polar surface area (TPSA) is 44.8 Å². The number of hydrogen-bond acceptors (Lipinski definition) is 4. The fraction of sp³-hybridized carbons (Fsp3) is 0.533. The molecule has 0 saturated carbocycles. The van der Waals surface area contributed by atoms with Gasteiger partial charge in [0, 0.05) is 11.0 Å². The second-order valence-corrected chi connectivity index (χ2v) is 6.38. The highest BCUT2D eigenvalue weighted by atomic mass is 127. The van der Waals surface area contributed by atoms with Crippen molar-refractivity contribution in [1.82, 2.24) is 0 Å². The van der Waals surface area contributed by atoms with Crippen molar-refractivity contribution in [3.8, 4) is 5.75 Å². The lowest BCUT2D eigenvalue weighted by atomic mass is 10.2. The van der Waals surface area contributed by atoms with E-state index in [1.165, 1.54) is 0 Å². The number of rotatable bonds is 6. The molecule has 0 bridgehead atoms. The molecule has 5 heteroatoms. The van der Waals surface area contributed by atoms with E-state index in [9.17, 15) is 4.79 Å². The third-order valence-electron chi connectivity index (χ3n) is 2.21. The first kappa shape index (κ1) is 17.2. The molecule has 0 fully saturated rings. The second kappa shape index (κ2) is 8.46. The molecule has 0 aliphatic carbocycles. The normalized spacial score (nSPS) is 11.2. The highest BCUT2D eigenvalue weighted by molar-refractivity contribution is 14.1. The van der Waals surface area contributed by atoms with Crippen molar-refractivity contribution in [3.05, 3.63) is 29.8 Å². The zero-order chi connectivity index (χ0) is 15.0. The summed E-state index contributed by atoms with van der Waals surface area (Å²) in [7, 11) is 0. The number of ether oxygens (including phenoxy) is 3. The van der Waals surface area contributed by atoms with Crippen LogP contribution in [0, 0.1) is 0 Å². The van der Waals surface area contributed by atoms with Crippen LogP contribution in [0.3, 0.4) is 0 Å². The number of halogens is 1. The molecule has 0 amide bonds. The smallest absolute Gasteiger partial charge is 0.428 e. The van der Waals surface area contributed by atoms with E-state index in [1.54, 1.807) is 32.9 Å². The van der Waals surface area contributed by atoms with E-state index in [0.717, 1.165) is 23.0 Å². The fourth-order valence-electron chi connectivity index (χ4n) is 1.37. The Labute approximate surface area is 133 Å². The maximum atomic E-state index is 11.5. The monoisotopic (exact) mass is 392 g/mol. The molecule has 0 aromatic heterocycles. The van der Waals surface area contributed by atoms with Crippen LogP contribution in [0.15, 0.2) is 24.3 Å². The molecule has 0 aliphatic heterocycles. The van der Waals surface area contributed by atoms with Crippen LogP contribution in [0.4, 0.5) is 4.79 Å². The quantitative estimate of drug-likeness (QED) is 0.238. The van der Waals surface area contributed by atoms with E-state index >= 15 is 0 Å². The lowest BCUT2D eigenvalue weighted by Gasteiger charge is -2.18. The first-order valence-electron chi connectivity index (χ1n) is 6.54. The Morgan fingerprint density at radius 3 is 2.40 bits per heavy atom. The van der Waals surface area contributed by atoms with Gasteiger partial charge in [0.25, 0.3) is 0 Å². The molecule has 0 atom stereocenters. The fourth-order valence-corrected chi connectivity index (χ4v) is 1.68. The first-order chi connectivity index (χ1) is 9.40. The van der Waals surface area contributed by atoms with Crippen LogP contribution in [0.5, 0.6) is 5.75 Å². The van der Waals surface area contributed by atoms with Gasteiger partial charge in [0.2, 0.25) is 0 Å². The summed E-state index contributed by atoms with van der Waals surface area (Å²) in [6.45, 7) is 6.72. The summed E-state index contributed by atoms with van der Waals surface area (Å²) in [5, 5.41) is 0. The minimum Gasteiger partial charge on any atom is -0.428 e. The third-order valence-corrected chi connectivity index (χ3v) is 2.97. The largest absolute Gasteiger partial charge is 0.514 e. The molecule has 0 unspecified atom stereocenters. The number of hydrogen-bond donors (Lipinski definition) is 0. The van der Waals surface area contributed by atoms with Crippen LogP contribution in [0.2, 0.25) is 0 Å². The van der Waals surface area contributed by atoms with E-state index in [1.807, 2.05) is 12.1 Å². The van der Waals surface area contributed by atoms with Crippen LogP contribution in [-0.2, 0) is 16.1 Å². The van der Waals surface area contributed by atoms with E-state index < -0.39 is 11.8 Å². The van der Waals surface area contributed by atoms with Gasteiger partial charge in [0.1, 0.15) is 11.4 Å². The predicted octanol–water partition coefficient (Wildman–Crippen LogP) is 4.34. The van der Waals surface area contributed by atoms with Gasteiger partial charge in [-0.2, -0.15) is 0 Å². The zero-order valence-electron chi connectivity index (χ0n) is 12.1. The average Bonchev–Trinajstić information content (AvgIpc) is 2.34. The molecule has 4 nitrogen and oxygen atoms in total. The van der Waals surface area contributed by atoms with E-state index in [4.69, 9.17) is 14.2 Å². The van der Waals surface area contributed by atoms with Crippen LogP contribution >= 0.6 is 22.6 Å². The molecule has 0 N–H and O–H groups in total. The first-order valence-corrected chi connectivity index (χ1v) is 8.07. The van der Waals surface area contributed by atoms with Crippen LogP contribution in [-0.4, -0.2) is 22.8 Å². The van der Waals surface area contributed by atoms with Crippen molar-refractivity contribution in [1.29, 1.82) is 0 Å². The van der Waals surface area contributed by atoms with Crippen molar-refractivity contribution in [2.75, 3.05) is 11.0 Å². The Balaban J connectivity index is 2.40. The average molecular weight is 392 g/mol. The summed E-state index contributed by atoms with van der Waals surface area (Å²) < 4.78 is 16.8. The second-order valence-electron chi connectivity index (χ2n) is 5.31. The van der Waals surface area contributed by atoms with Crippen molar-refractivity contribution in [2.24, 2.45) is 0 Å². The van der Waals surface area contributed by atoms with Crippen molar-refractivity contribution >= 4 is 28.7 Å². The zero-order valence-corrected chi connectivity index (χ0v) is 14.3. The van der Waals surface area contributed by atoms with Crippen molar-refractivity contribution in [3.63, 3.8) is 0 Å². The Morgan fingerprint density at radius 2 is 1.85 bits per heavy atom. The molecule has 20 heavy (non-hydrogen) atoms. The SMILES string of the molecule is CC(C)(C)OC(=O)Oc1ccc(COCCCI)cc1. The van der Waals surface area contributed by atoms with E-state index in [-0.39, 0.29) is 0 Å². The van der Waals surface area contributed by atoms with Crippen LogP contribution in [0.25, 0.3) is 0 Å². The molecule has 0 saturated heterocycles. The maximum Gasteiger partial charge on any atom is 0.514 e. The van der Waals surface area contributed by atoms with E-state index in [0.29, 0.717) is 12.4 Å². The van der Waals surface area contributed by atoms with Gasteiger partial charge in [-0.15, -0.1) is 0 Å². The molecule has 1 rings (SSSR count). The standard InChI is InChI=1S/C15H21IO4/c1-15(2,3)20-14(17)19-13-7-5-12(6-8-13)11-18-10-4-9-16/h5-8H,4,9-11H2,1-3H3. The summed E-state index contributed by atoms with van der Waals surface area (Å²) in [6.07, 6.45) is 0.365. The van der Waals surface area contributed by atoms with Gasteiger partial charge in [-0.25, -0.2) is 4.79 Å². The number of alkyl halides is 1. The molecule has 0 radical (unpaired) electrons. The molecule has 1 aromatic rings. The van der Waals surface area contributed by atoms with Gasteiger partial charge in [-0.3, -0.25) is 0 Å². The van der Waals surface area contributed by atoms with Gasteiger partial charge >= 0.3 is 6.16 Å². The molecule has 0 heterocycles. The summed E-state index contributed by atoms with van der Waals surface area (Å²) in [5.41, 5.74) is 0.499. The summed E-state index contributed by atoms with van der Waals surface area (Å²) in [5.74, 6) is 0.468. The molecular weight excluding hydrogens is 371 g/mol. The maximum absolute atomic E-state index is 11.5. The van der Waals surface area contributed by atoms with Crippen LogP contribution < -0.4 is 4.74 Å². The van der Waals surface area contributed by atoms with Gasteiger partial charge in [-0.1, -0.05) is 34.7 Å². The molecule has 1 aromatic carbocycles. The van der Waals surface area contributed by atoms with Gasteiger partial charge < -0.3 is 14.2 Å². The summed E-state index contributed by atoms with van der Waals surface area (Å²) in [6, 6.07) is 7.23. The highest BCUT2D eigenvalue weighted by Gasteiger charge is 2.17. The third kappa shape index (κ3) is 7.69. The van der Waals surface area contributed by atoms with Gasteiger partial charge in [0.15, 0.2) is 0 Å². The Hall–Kier alpha value is -0.820. The molecule has 0 spiro atoms. The Morgan fingerprint density at radius 1 is 1.20 bits per heavy atom. The Bertz CT molecular complexity index is 409. The summed E-state index contributed by atoms with van der Waals surface area (Å²) in [4.78, 5) is 11.5. The summed E-state index contributed by atoms with van der Waals surface area (Å²) >= 11 is 2.33.